The molecule has 0 saturated heterocycles. The summed E-state index contributed by atoms with van der Waals surface area (Å²) in [6.07, 6.45) is 0. The summed E-state index contributed by atoms with van der Waals surface area (Å²) in [4.78, 5) is 11.8. The van der Waals surface area contributed by atoms with E-state index >= 15 is 0 Å². The van der Waals surface area contributed by atoms with Crippen LogP contribution < -0.4 is 0 Å². The Hall–Kier alpha value is -0.930. The van der Waals surface area contributed by atoms with Crippen LogP contribution in [0.4, 0.5) is 0 Å². The van der Waals surface area contributed by atoms with Gasteiger partial charge in [-0.2, -0.15) is 0 Å². The summed E-state index contributed by atoms with van der Waals surface area (Å²) >= 11 is 6.45. The van der Waals surface area contributed by atoms with Gasteiger partial charge in [0.05, 0.1) is 0 Å². The fraction of sp³-hybridized carbons (Fsp3) is 0.0714. The van der Waals surface area contributed by atoms with Crippen molar-refractivity contribution in [1.82, 2.24) is 0 Å². The van der Waals surface area contributed by atoms with Gasteiger partial charge < -0.3 is 0 Å². The Morgan fingerprint density at radius 2 is 1.53 bits per heavy atom. The standard InChI is InChI=1S/C14H10Br2O/c15-14(16)13(17)12-8-4-7-11(9-12)10-5-2-1-3-6-10/h1-9,14H. The lowest BCUT2D eigenvalue weighted by atomic mass is 10.0. The fourth-order valence-corrected chi connectivity index (χ4v) is 2.14. The Balaban J connectivity index is 2.39. The number of carbonyl (C=O) groups excluding carboxylic acids is 1. The molecule has 0 aliphatic rings. The molecule has 0 bridgehead atoms. The molecule has 86 valence electrons. The molecule has 2 aromatic rings. The first kappa shape index (κ1) is 12.5. The third kappa shape index (κ3) is 3.05. The van der Waals surface area contributed by atoms with Crippen molar-refractivity contribution >= 4 is 37.6 Å². The van der Waals surface area contributed by atoms with Crippen molar-refractivity contribution in [3.63, 3.8) is 0 Å². The quantitative estimate of drug-likeness (QED) is 0.579. The highest BCUT2D eigenvalue weighted by Gasteiger charge is 2.13. The van der Waals surface area contributed by atoms with Gasteiger partial charge in [-0.25, -0.2) is 0 Å². The van der Waals surface area contributed by atoms with E-state index in [1.807, 2.05) is 54.6 Å². The van der Waals surface area contributed by atoms with Crippen LogP contribution in [-0.4, -0.2) is 9.52 Å². The number of carbonyl (C=O) groups is 1. The van der Waals surface area contributed by atoms with Gasteiger partial charge in [0.1, 0.15) is 3.74 Å². The first-order valence-electron chi connectivity index (χ1n) is 5.16. The third-order valence-electron chi connectivity index (χ3n) is 2.45. The largest absolute Gasteiger partial charge is 0.292 e. The number of Topliss-reactive ketones (excluding diaryl/α,β-unsaturated/α-hetero) is 1. The number of hydrogen-bond donors (Lipinski definition) is 0. The van der Waals surface area contributed by atoms with Crippen LogP contribution in [0.5, 0.6) is 0 Å². The number of ketones is 1. The van der Waals surface area contributed by atoms with Gasteiger partial charge in [-0.15, -0.1) is 0 Å². The minimum atomic E-state index is -0.332. The summed E-state index contributed by atoms with van der Waals surface area (Å²) in [7, 11) is 0. The van der Waals surface area contributed by atoms with Crippen molar-refractivity contribution < 1.29 is 4.79 Å². The van der Waals surface area contributed by atoms with Gasteiger partial charge in [-0.1, -0.05) is 80.4 Å². The lowest BCUT2D eigenvalue weighted by Gasteiger charge is -2.05. The molecule has 3 heteroatoms. The second kappa shape index (κ2) is 5.61. The van der Waals surface area contributed by atoms with Gasteiger partial charge in [-0.3, -0.25) is 4.79 Å². The lowest BCUT2D eigenvalue weighted by molar-refractivity contribution is 0.101. The molecular formula is C14H10Br2O. The predicted octanol–water partition coefficient (Wildman–Crippen LogP) is 4.65. The average Bonchev–Trinajstić information content (AvgIpc) is 2.39. The maximum atomic E-state index is 11.8. The Labute approximate surface area is 117 Å². The van der Waals surface area contributed by atoms with Crippen LogP contribution in [0.2, 0.25) is 0 Å². The molecular weight excluding hydrogens is 344 g/mol. The summed E-state index contributed by atoms with van der Waals surface area (Å²) in [5, 5.41) is 0. The Morgan fingerprint density at radius 3 is 2.18 bits per heavy atom. The van der Waals surface area contributed by atoms with E-state index in [1.54, 1.807) is 0 Å². The van der Waals surface area contributed by atoms with Crippen molar-refractivity contribution in [3.8, 4) is 11.1 Å². The molecule has 0 unspecified atom stereocenters. The van der Waals surface area contributed by atoms with Crippen LogP contribution in [0.3, 0.4) is 0 Å². The van der Waals surface area contributed by atoms with E-state index in [1.165, 1.54) is 0 Å². The van der Waals surface area contributed by atoms with Gasteiger partial charge in [0.2, 0.25) is 0 Å². The van der Waals surface area contributed by atoms with Crippen molar-refractivity contribution in [2.45, 2.75) is 3.74 Å². The van der Waals surface area contributed by atoms with Gasteiger partial charge >= 0.3 is 0 Å². The number of hydrogen-bond acceptors (Lipinski definition) is 1. The van der Waals surface area contributed by atoms with Crippen molar-refractivity contribution in [3.05, 3.63) is 60.2 Å². The fourth-order valence-electron chi connectivity index (χ4n) is 1.61. The van der Waals surface area contributed by atoms with Crippen molar-refractivity contribution in [2.24, 2.45) is 0 Å². The SMILES string of the molecule is O=C(c1cccc(-c2ccccc2)c1)C(Br)Br. The second-order valence-electron chi connectivity index (χ2n) is 3.61. The zero-order chi connectivity index (χ0) is 12.3. The number of alkyl halides is 2. The first-order chi connectivity index (χ1) is 8.18. The highest BCUT2D eigenvalue weighted by Crippen LogP contribution is 2.22. The Kier molecular flexibility index (Phi) is 4.13. The highest BCUT2D eigenvalue weighted by atomic mass is 79.9. The lowest BCUT2D eigenvalue weighted by Crippen LogP contribution is -2.06. The summed E-state index contributed by atoms with van der Waals surface area (Å²) in [5.74, 6) is 0.0304. The smallest absolute Gasteiger partial charge is 0.187 e. The molecule has 0 spiro atoms. The molecule has 0 amide bonds. The molecule has 1 nitrogen and oxygen atoms in total. The normalized spacial score (nSPS) is 10.5. The summed E-state index contributed by atoms with van der Waals surface area (Å²) in [6.45, 7) is 0. The topological polar surface area (TPSA) is 17.1 Å². The molecule has 0 N–H and O–H groups in total. The third-order valence-corrected chi connectivity index (χ3v) is 3.28. The average molecular weight is 354 g/mol. The summed E-state index contributed by atoms with van der Waals surface area (Å²) in [5.41, 5.74) is 2.87. The second-order valence-corrected chi connectivity index (χ2v) is 6.67. The minimum Gasteiger partial charge on any atom is -0.292 e. The van der Waals surface area contributed by atoms with Crippen molar-refractivity contribution in [1.29, 1.82) is 0 Å². The van der Waals surface area contributed by atoms with Gasteiger partial charge in [0, 0.05) is 5.56 Å². The van der Waals surface area contributed by atoms with Crippen LogP contribution in [0.25, 0.3) is 11.1 Å². The van der Waals surface area contributed by atoms with E-state index in [0.29, 0.717) is 5.56 Å². The van der Waals surface area contributed by atoms with E-state index in [-0.39, 0.29) is 9.52 Å². The monoisotopic (exact) mass is 352 g/mol. The highest BCUT2D eigenvalue weighted by molar-refractivity contribution is 9.25. The van der Waals surface area contributed by atoms with Gasteiger partial charge in [-0.05, 0) is 17.2 Å². The first-order valence-corrected chi connectivity index (χ1v) is 6.99. The number of rotatable bonds is 3. The molecule has 0 aliphatic heterocycles. The van der Waals surface area contributed by atoms with Gasteiger partial charge in [0.25, 0.3) is 0 Å². The summed E-state index contributed by atoms with van der Waals surface area (Å²) in [6, 6.07) is 17.7. The minimum absolute atomic E-state index is 0.0304. The van der Waals surface area contributed by atoms with Crippen LogP contribution in [0, 0.1) is 0 Å². The van der Waals surface area contributed by atoms with Crippen molar-refractivity contribution in [2.75, 3.05) is 0 Å². The predicted molar refractivity (Wildman–Crippen MR) is 77.9 cm³/mol. The van der Waals surface area contributed by atoms with E-state index in [2.05, 4.69) is 31.9 Å². The molecule has 0 saturated carbocycles. The summed E-state index contributed by atoms with van der Waals surface area (Å²) < 4.78 is -0.332. The van der Waals surface area contributed by atoms with E-state index in [9.17, 15) is 4.79 Å². The maximum Gasteiger partial charge on any atom is 0.187 e. The van der Waals surface area contributed by atoms with E-state index in [4.69, 9.17) is 0 Å². The molecule has 0 aromatic heterocycles. The molecule has 17 heavy (non-hydrogen) atoms. The maximum absolute atomic E-state index is 11.8. The molecule has 0 fully saturated rings. The van der Waals surface area contributed by atoms with Crippen LogP contribution in [0.15, 0.2) is 54.6 Å². The van der Waals surface area contributed by atoms with Gasteiger partial charge in [0.15, 0.2) is 5.78 Å². The molecule has 0 atom stereocenters. The molecule has 2 aromatic carbocycles. The Bertz CT molecular complexity index is 521. The molecule has 0 heterocycles. The van der Waals surface area contributed by atoms with Crippen LogP contribution in [-0.2, 0) is 0 Å². The zero-order valence-electron chi connectivity index (χ0n) is 8.94. The van der Waals surface area contributed by atoms with E-state index in [0.717, 1.165) is 11.1 Å². The number of benzene rings is 2. The Morgan fingerprint density at radius 1 is 0.882 bits per heavy atom. The zero-order valence-corrected chi connectivity index (χ0v) is 12.1. The van der Waals surface area contributed by atoms with E-state index < -0.39 is 0 Å². The number of halogens is 2. The molecule has 2 rings (SSSR count). The van der Waals surface area contributed by atoms with Crippen LogP contribution >= 0.6 is 31.9 Å². The molecule has 0 aliphatic carbocycles. The van der Waals surface area contributed by atoms with Crippen LogP contribution in [0.1, 0.15) is 10.4 Å². The molecule has 0 radical (unpaired) electrons.